The molecular weight excluding hydrogens is 460 g/mol. The van der Waals surface area contributed by atoms with Crippen molar-refractivity contribution in [3.63, 3.8) is 0 Å². The number of ether oxygens (including phenoxy) is 1. The van der Waals surface area contributed by atoms with Gasteiger partial charge in [0.25, 0.3) is 0 Å². The molecule has 0 aliphatic carbocycles. The summed E-state index contributed by atoms with van der Waals surface area (Å²) in [5, 5.41) is 1.22. The summed E-state index contributed by atoms with van der Waals surface area (Å²) in [4.78, 5) is 20.0. The molecule has 2 saturated heterocycles. The minimum Gasteiger partial charge on any atom is -0.379 e. The summed E-state index contributed by atoms with van der Waals surface area (Å²) in [6.45, 7) is 12.5. The van der Waals surface area contributed by atoms with Gasteiger partial charge in [0.15, 0.2) is 0 Å². The molecule has 1 aromatic heterocycles. The van der Waals surface area contributed by atoms with E-state index in [0.29, 0.717) is 0 Å². The van der Waals surface area contributed by atoms with Gasteiger partial charge < -0.3 is 14.2 Å². The molecule has 3 heterocycles. The topological polar surface area (TPSA) is 41.0 Å². The molecule has 2 fully saturated rings. The Kier molecular flexibility index (Phi) is 8.72. The molecule has 6 heteroatoms. The van der Waals surface area contributed by atoms with E-state index in [1.807, 2.05) is 11.0 Å². The quantitative estimate of drug-likeness (QED) is 0.416. The molecular formula is C31H40N4O2. The molecule has 0 atom stereocenters. The second-order valence-corrected chi connectivity index (χ2v) is 10.2. The van der Waals surface area contributed by atoms with Gasteiger partial charge in [-0.1, -0.05) is 48.5 Å². The Morgan fingerprint density at radius 2 is 1.54 bits per heavy atom. The molecule has 2 aliphatic heterocycles. The lowest BCUT2D eigenvalue weighted by molar-refractivity contribution is -0.127. The first-order chi connectivity index (χ1) is 18.2. The van der Waals surface area contributed by atoms with Crippen LogP contribution in [0.5, 0.6) is 0 Å². The van der Waals surface area contributed by atoms with E-state index >= 15 is 0 Å². The molecule has 0 unspecified atom stereocenters. The number of aryl methyl sites for hydroxylation is 1. The summed E-state index contributed by atoms with van der Waals surface area (Å²) >= 11 is 0. The van der Waals surface area contributed by atoms with E-state index in [0.717, 1.165) is 90.5 Å². The number of para-hydroxylation sites is 1. The first kappa shape index (κ1) is 25.7. The Labute approximate surface area is 221 Å². The van der Waals surface area contributed by atoms with Crippen LogP contribution in [0.3, 0.4) is 0 Å². The number of piperazine rings is 1. The van der Waals surface area contributed by atoms with Gasteiger partial charge in [0.2, 0.25) is 5.91 Å². The third kappa shape index (κ3) is 6.50. The van der Waals surface area contributed by atoms with Crippen molar-refractivity contribution in [1.29, 1.82) is 0 Å². The first-order valence-electron chi connectivity index (χ1n) is 13.8. The van der Waals surface area contributed by atoms with Crippen molar-refractivity contribution in [2.75, 3.05) is 65.6 Å². The average molecular weight is 501 g/mol. The number of hydrogen-bond acceptors (Lipinski definition) is 4. The van der Waals surface area contributed by atoms with E-state index in [4.69, 9.17) is 4.74 Å². The van der Waals surface area contributed by atoms with Gasteiger partial charge in [-0.15, -0.1) is 0 Å². The molecule has 5 rings (SSSR count). The van der Waals surface area contributed by atoms with Crippen LogP contribution in [0.25, 0.3) is 17.0 Å². The summed E-state index contributed by atoms with van der Waals surface area (Å²) in [6.07, 6.45) is 5.99. The van der Waals surface area contributed by atoms with Crippen molar-refractivity contribution in [2.24, 2.45) is 0 Å². The Bertz CT molecular complexity index is 1190. The number of hydrogen-bond donors (Lipinski definition) is 0. The highest BCUT2D eigenvalue weighted by molar-refractivity contribution is 5.97. The van der Waals surface area contributed by atoms with Crippen molar-refractivity contribution in [3.8, 4) is 0 Å². The number of fused-ring (bicyclic) bond motifs is 1. The third-order valence-electron chi connectivity index (χ3n) is 7.88. The summed E-state index contributed by atoms with van der Waals surface area (Å²) < 4.78 is 7.90. The second kappa shape index (κ2) is 12.5. The Morgan fingerprint density at radius 1 is 0.838 bits per heavy atom. The number of aromatic nitrogens is 1. The molecule has 0 saturated carbocycles. The smallest absolute Gasteiger partial charge is 0.246 e. The van der Waals surface area contributed by atoms with E-state index in [1.165, 1.54) is 22.2 Å². The fraction of sp³-hybridized carbons (Fsp3) is 0.452. The number of nitrogens with zero attached hydrogens (tertiary/aromatic N) is 4. The third-order valence-corrected chi connectivity index (χ3v) is 7.88. The molecule has 196 valence electrons. The van der Waals surface area contributed by atoms with Gasteiger partial charge in [-0.05, 0) is 37.5 Å². The summed E-state index contributed by atoms with van der Waals surface area (Å²) in [5.41, 5.74) is 5.02. The zero-order valence-electron chi connectivity index (χ0n) is 22.1. The number of rotatable bonds is 9. The van der Waals surface area contributed by atoms with Crippen LogP contribution in [-0.2, 0) is 22.5 Å². The van der Waals surface area contributed by atoms with Crippen LogP contribution >= 0.6 is 0 Å². The molecule has 2 aliphatic rings. The van der Waals surface area contributed by atoms with E-state index in [2.05, 4.69) is 75.9 Å². The zero-order valence-corrected chi connectivity index (χ0v) is 22.1. The van der Waals surface area contributed by atoms with Gasteiger partial charge in [-0.3, -0.25) is 14.6 Å². The van der Waals surface area contributed by atoms with Crippen molar-refractivity contribution in [2.45, 2.75) is 26.3 Å². The Hall–Kier alpha value is -2.93. The van der Waals surface area contributed by atoms with Gasteiger partial charge in [-0.25, -0.2) is 0 Å². The van der Waals surface area contributed by atoms with E-state index < -0.39 is 0 Å². The first-order valence-corrected chi connectivity index (χ1v) is 13.8. The Morgan fingerprint density at radius 3 is 2.32 bits per heavy atom. The maximum Gasteiger partial charge on any atom is 0.246 e. The number of amides is 1. The monoisotopic (exact) mass is 500 g/mol. The predicted octanol–water partition coefficient (Wildman–Crippen LogP) is 4.07. The van der Waals surface area contributed by atoms with E-state index in [-0.39, 0.29) is 5.91 Å². The fourth-order valence-electron chi connectivity index (χ4n) is 5.62. The largest absolute Gasteiger partial charge is 0.379 e. The number of morpholine rings is 1. The molecule has 3 aromatic rings. The molecule has 2 aromatic carbocycles. The standard InChI is InChI=1S/C31H40N4O2/c1-26-28(29-10-5-6-11-30(29)35(26)16-7-15-32-22-24-37-25-23-32)12-13-31(36)34-20-18-33(19-21-34)17-14-27-8-3-2-4-9-27/h2-6,8-13H,7,14-25H2,1H3/b13-12+. The van der Waals surface area contributed by atoms with Crippen LogP contribution < -0.4 is 0 Å². The molecule has 0 bridgehead atoms. The van der Waals surface area contributed by atoms with Crippen molar-refractivity contribution in [1.82, 2.24) is 19.3 Å². The van der Waals surface area contributed by atoms with Gasteiger partial charge in [-0.2, -0.15) is 0 Å². The van der Waals surface area contributed by atoms with Gasteiger partial charge in [0.05, 0.1) is 13.2 Å². The Balaban J connectivity index is 1.17. The minimum atomic E-state index is 0.117. The SMILES string of the molecule is Cc1c(/C=C/C(=O)N2CCN(CCc3ccccc3)CC2)c2ccccc2n1CCCN1CCOCC1. The minimum absolute atomic E-state index is 0.117. The van der Waals surface area contributed by atoms with Crippen LogP contribution in [0, 0.1) is 6.92 Å². The molecule has 6 nitrogen and oxygen atoms in total. The maximum absolute atomic E-state index is 13.1. The van der Waals surface area contributed by atoms with Crippen LogP contribution in [-0.4, -0.2) is 90.7 Å². The fourth-order valence-corrected chi connectivity index (χ4v) is 5.62. The molecule has 0 spiro atoms. The normalized spacial score (nSPS) is 17.7. The molecule has 0 N–H and O–H groups in total. The molecule has 0 radical (unpaired) electrons. The lowest BCUT2D eigenvalue weighted by Crippen LogP contribution is -2.48. The second-order valence-electron chi connectivity index (χ2n) is 10.2. The van der Waals surface area contributed by atoms with Crippen LogP contribution in [0.1, 0.15) is 23.2 Å². The van der Waals surface area contributed by atoms with Crippen molar-refractivity contribution >= 4 is 22.9 Å². The highest BCUT2D eigenvalue weighted by Gasteiger charge is 2.20. The van der Waals surface area contributed by atoms with Gasteiger partial charge >= 0.3 is 0 Å². The lowest BCUT2D eigenvalue weighted by Gasteiger charge is -2.34. The van der Waals surface area contributed by atoms with Crippen molar-refractivity contribution in [3.05, 3.63) is 77.5 Å². The highest BCUT2D eigenvalue weighted by Crippen LogP contribution is 2.27. The predicted molar refractivity (Wildman–Crippen MR) is 151 cm³/mol. The van der Waals surface area contributed by atoms with Crippen LogP contribution in [0.2, 0.25) is 0 Å². The summed E-state index contributed by atoms with van der Waals surface area (Å²) in [5.74, 6) is 0.117. The molecule has 1 amide bonds. The maximum atomic E-state index is 13.1. The van der Waals surface area contributed by atoms with Crippen molar-refractivity contribution < 1.29 is 9.53 Å². The average Bonchev–Trinajstić information content (AvgIpc) is 3.22. The highest BCUT2D eigenvalue weighted by atomic mass is 16.5. The number of carbonyl (C=O) groups is 1. The zero-order chi connectivity index (χ0) is 25.5. The number of benzene rings is 2. The van der Waals surface area contributed by atoms with Crippen LogP contribution in [0.15, 0.2) is 60.7 Å². The summed E-state index contributed by atoms with van der Waals surface area (Å²) in [7, 11) is 0. The van der Waals surface area contributed by atoms with Crippen LogP contribution in [0.4, 0.5) is 0 Å². The number of carbonyl (C=O) groups excluding carboxylic acids is 1. The lowest BCUT2D eigenvalue weighted by atomic mass is 10.1. The van der Waals surface area contributed by atoms with Gasteiger partial charge in [0.1, 0.15) is 0 Å². The molecule has 37 heavy (non-hydrogen) atoms. The summed E-state index contributed by atoms with van der Waals surface area (Å²) in [6, 6.07) is 19.2. The van der Waals surface area contributed by atoms with E-state index in [1.54, 1.807) is 6.08 Å². The van der Waals surface area contributed by atoms with Gasteiger partial charge in [0, 0.05) is 87.1 Å². The van der Waals surface area contributed by atoms with E-state index in [9.17, 15) is 4.79 Å².